The molecule has 210 valence electrons. The summed E-state index contributed by atoms with van der Waals surface area (Å²) < 4.78 is 17.1. The molecule has 9 heteroatoms. The van der Waals surface area contributed by atoms with Gasteiger partial charge in [-0.15, -0.1) is 0 Å². The van der Waals surface area contributed by atoms with Crippen LogP contribution in [0.25, 0.3) is 0 Å². The van der Waals surface area contributed by atoms with E-state index in [2.05, 4.69) is 5.32 Å². The molecule has 41 heavy (non-hydrogen) atoms. The van der Waals surface area contributed by atoms with Gasteiger partial charge >= 0.3 is 12.1 Å². The van der Waals surface area contributed by atoms with Crippen LogP contribution in [0, 0.1) is 0 Å². The third kappa shape index (κ3) is 6.95. The first-order valence-electron chi connectivity index (χ1n) is 13.1. The Morgan fingerprint density at radius 1 is 0.854 bits per heavy atom. The first-order valence-corrected chi connectivity index (χ1v) is 13.1. The van der Waals surface area contributed by atoms with Crippen LogP contribution in [-0.2, 0) is 24.2 Å². The number of aromatic hydroxyl groups is 2. The highest BCUT2D eigenvalue weighted by Gasteiger charge is 2.33. The number of aliphatic hydroxyl groups excluding tert-OH is 1. The highest BCUT2D eigenvalue weighted by Crippen LogP contribution is 2.43. The smallest absolute Gasteiger partial charge is 0.413 e. The normalized spacial score (nSPS) is 15.7. The van der Waals surface area contributed by atoms with Gasteiger partial charge in [-0.25, -0.2) is 4.79 Å². The number of carbonyl (C=O) groups is 2. The van der Waals surface area contributed by atoms with Crippen LogP contribution in [0.3, 0.4) is 0 Å². The summed E-state index contributed by atoms with van der Waals surface area (Å²) in [5, 5.41) is 33.6. The number of fused-ring (bicyclic) bond motifs is 1. The zero-order valence-electron chi connectivity index (χ0n) is 22.0. The van der Waals surface area contributed by atoms with Crippen LogP contribution in [0.2, 0.25) is 0 Å². The molecule has 9 nitrogen and oxygen atoms in total. The molecule has 4 aromatic rings. The molecule has 1 heterocycles. The van der Waals surface area contributed by atoms with Gasteiger partial charge < -0.3 is 34.8 Å². The van der Waals surface area contributed by atoms with Crippen molar-refractivity contribution in [2.75, 3.05) is 0 Å². The van der Waals surface area contributed by atoms with E-state index in [1.165, 1.54) is 24.3 Å². The largest absolute Gasteiger partial charge is 0.508 e. The molecule has 0 spiro atoms. The van der Waals surface area contributed by atoms with Crippen LogP contribution in [-0.4, -0.2) is 33.5 Å². The van der Waals surface area contributed by atoms with E-state index < -0.39 is 24.3 Å². The summed E-state index contributed by atoms with van der Waals surface area (Å²) >= 11 is 0. The van der Waals surface area contributed by atoms with E-state index in [0.29, 0.717) is 17.5 Å². The van der Waals surface area contributed by atoms with E-state index in [1.807, 2.05) is 60.7 Å². The second-order valence-electron chi connectivity index (χ2n) is 9.65. The van der Waals surface area contributed by atoms with Gasteiger partial charge in [0.25, 0.3) is 0 Å². The lowest BCUT2D eigenvalue weighted by Gasteiger charge is -2.31. The van der Waals surface area contributed by atoms with Crippen molar-refractivity contribution in [1.29, 1.82) is 0 Å². The number of aliphatic hydroxyl groups is 1. The standard InChI is InChI=1S/C32H29NO8/c34-23-16-25(35)24-18-26(36)31(40-28(24)17-23)22-12-13-27(39-30(37)14-11-20-7-3-1-4-8-20)29(15-22)41-32(38)33-19-21-9-5-2-6-10-21/h1-10,12-13,15-17,26,31,34-36H,11,14,18-19H2,(H,33,38). The van der Waals surface area contributed by atoms with E-state index in [4.69, 9.17) is 14.2 Å². The lowest BCUT2D eigenvalue weighted by molar-refractivity contribution is -0.134. The second kappa shape index (κ2) is 12.4. The van der Waals surface area contributed by atoms with Gasteiger partial charge in [0.1, 0.15) is 23.4 Å². The van der Waals surface area contributed by atoms with Crippen molar-refractivity contribution in [3.63, 3.8) is 0 Å². The molecule has 0 aliphatic carbocycles. The predicted octanol–water partition coefficient (Wildman–Crippen LogP) is 4.96. The molecule has 1 amide bonds. The van der Waals surface area contributed by atoms with Gasteiger partial charge in [0.2, 0.25) is 0 Å². The van der Waals surface area contributed by atoms with Gasteiger partial charge in [0, 0.05) is 37.1 Å². The Morgan fingerprint density at radius 3 is 2.29 bits per heavy atom. The quantitative estimate of drug-likeness (QED) is 0.177. The molecular formula is C32H29NO8. The van der Waals surface area contributed by atoms with Crippen LogP contribution < -0.4 is 19.5 Å². The van der Waals surface area contributed by atoms with Gasteiger partial charge in [-0.05, 0) is 35.2 Å². The molecule has 4 aromatic carbocycles. The average molecular weight is 556 g/mol. The fraction of sp³-hybridized carbons (Fsp3) is 0.188. The molecule has 1 aliphatic heterocycles. The molecule has 5 rings (SSSR count). The second-order valence-corrected chi connectivity index (χ2v) is 9.65. The number of carbonyl (C=O) groups excluding carboxylic acids is 2. The van der Waals surface area contributed by atoms with Crippen LogP contribution in [0.15, 0.2) is 91.0 Å². The SMILES string of the molecule is O=C(CCc1ccccc1)Oc1ccc(C2Oc3cc(O)cc(O)c3CC2O)cc1OC(=O)NCc1ccccc1. The van der Waals surface area contributed by atoms with E-state index in [-0.39, 0.29) is 48.1 Å². The summed E-state index contributed by atoms with van der Waals surface area (Å²) in [5.41, 5.74) is 2.65. The van der Waals surface area contributed by atoms with Gasteiger partial charge in [0.05, 0.1) is 6.10 Å². The highest BCUT2D eigenvalue weighted by atomic mass is 16.6. The van der Waals surface area contributed by atoms with Crippen LogP contribution in [0.1, 0.15) is 34.8 Å². The average Bonchev–Trinajstić information content (AvgIpc) is 2.97. The Hall–Kier alpha value is -5.02. The number of benzene rings is 4. The summed E-state index contributed by atoms with van der Waals surface area (Å²) in [4.78, 5) is 25.4. The third-order valence-electron chi connectivity index (χ3n) is 6.65. The van der Waals surface area contributed by atoms with Gasteiger partial charge in [-0.2, -0.15) is 0 Å². The van der Waals surface area contributed by atoms with Crippen LogP contribution >= 0.6 is 0 Å². The lowest BCUT2D eigenvalue weighted by atomic mass is 9.94. The molecule has 0 saturated carbocycles. The molecule has 2 unspecified atom stereocenters. The maximum Gasteiger partial charge on any atom is 0.413 e. The van der Waals surface area contributed by atoms with Crippen molar-refractivity contribution in [2.45, 2.75) is 38.0 Å². The zero-order chi connectivity index (χ0) is 28.8. The molecule has 1 aliphatic rings. The number of phenolic OH excluding ortho intramolecular Hbond substituents is 2. The number of esters is 1. The van der Waals surface area contributed by atoms with E-state index in [9.17, 15) is 24.9 Å². The molecule has 0 aromatic heterocycles. The van der Waals surface area contributed by atoms with Crippen molar-refractivity contribution in [1.82, 2.24) is 5.32 Å². The Morgan fingerprint density at radius 2 is 1.56 bits per heavy atom. The van der Waals surface area contributed by atoms with Crippen molar-refractivity contribution in [3.8, 4) is 28.7 Å². The molecule has 0 bridgehead atoms. The maximum absolute atomic E-state index is 12.7. The lowest BCUT2D eigenvalue weighted by Crippen LogP contribution is -2.30. The van der Waals surface area contributed by atoms with Crippen molar-refractivity contribution in [2.24, 2.45) is 0 Å². The molecular weight excluding hydrogens is 526 g/mol. The third-order valence-corrected chi connectivity index (χ3v) is 6.65. The van der Waals surface area contributed by atoms with Crippen LogP contribution in [0.4, 0.5) is 4.79 Å². The summed E-state index contributed by atoms with van der Waals surface area (Å²) in [5.74, 6) is -0.672. The van der Waals surface area contributed by atoms with E-state index >= 15 is 0 Å². The Balaban J connectivity index is 1.36. The monoisotopic (exact) mass is 555 g/mol. The number of nitrogens with one attached hydrogen (secondary N) is 1. The topological polar surface area (TPSA) is 135 Å². The Labute approximate surface area is 236 Å². The van der Waals surface area contributed by atoms with Crippen molar-refractivity contribution < 1.29 is 39.1 Å². The number of aryl methyl sites for hydroxylation is 1. The molecule has 0 saturated heterocycles. The molecule has 2 atom stereocenters. The summed E-state index contributed by atoms with van der Waals surface area (Å²) in [6.07, 6.45) is -2.08. The number of ether oxygens (including phenoxy) is 3. The van der Waals surface area contributed by atoms with E-state index in [0.717, 1.165) is 11.1 Å². The minimum atomic E-state index is -1.06. The van der Waals surface area contributed by atoms with Gasteiger partial charge in [-0.3, -0.25) is 4.79 Å². The molecule has 0 radical (unpaired) electrons. The van der Waals surface area contributed by atoms with Gasteiger partial charge in [0.15, 0.2) is 11.5 Å². The minimum absolute atomic E-state index is 0.0302. The Bertz CT molecular complexity index is 1520. The number of rotatable bonds is 8. The fourth-order valence-electron chi connectivity index (χ4n) is 4.59. The van der Waals surface area contributed by atoms with Crippen LogP contribution in [0.5, 0.6) is 28.7 Å². The number of hydrogen-bond acceptors (Lipinski definition) is 8. The fourth-order valence-corrected chi connectivity index (χ4v) is 4.59. The first-order chi connectivity index (χ1) is 19.9. The van der Waals surface area contributed by atoms with Crippen molar-refractivity contribution in [3.05, 3.63) is 113 Å². The number of amides is 1. The maximum atomic E-state index is 12.7. The predicted molar refractivity (Wildman–Crippen MR) is 149 cm³/mol. The number of phenols is 2. The summed E-state index contributed by atoms with van der Waals surface area (Å²) in [6, 6.07) is 25.9. The Kier molecular flexibility index (Phi) is 8.36. The molecule has 0 fully saturated rings. The molecule has 4 N–H and O–H groups in total. The van der Waals surface area contributed by atoms with Crippen molar-refractivity contribution >= 4 is 12.1 Å². The summed E-state index contributed by atoms with van der Waals surface area (Å²) in [6.45, 7) is 0.222. The number of hydrogen-bond donors (Lipinski definition) is 4. The van der Waals surface area contributed by atoms with E-state index in [1.54, 1.807) is 6.07 Å². The summed E-state index contributed by atoms with van der Waals surface area (Å²) in [7, 11) is 0. The highest BCUT2D eigenvalue weighted by molar-refractivity contribution is 5.76. The minimum Gasteiger partial charge on any atom is -0.508 e. The van der Waals surface area contributed by atoms with Gasteiger partial charge in [-0.1, -0.05) is 66.7 Å². The zero-order valence-corrected chi connectivity index (χ0v) is 22.0. The first kappa shape index (κ1) is 27.5.